The fourth-order valence-electron chi connectivity index (χ4n) is 1.63. The molecular weight excluding hydrogens is 315 g/mol. The van der Waals surface area contributed by atoms with E-state index in [0.29, 0.717) is 17.1 Å². The summed E-state index contributed by atoms with van der Waals surface area (Å²) in [5, 5.41) is 0. The molecule has 1 heterocycles. The Morgan fingerprint density at radius 1 is 1.37 bits per heavy atom. The molecule has 7 heteroatoms. The highest BCUT2D eigenvalue weighted by molar-refractivity contribution is 9.10. The van der Waals surface area contributed by atoms with Crippen LogP contribution < -0.4 is 16.0 Å². The molecule has 0 bridgehead atoms. The number of halogens is 2. The number of ether oxygens (including phenoxy) is 1. The van der Waals surface area contributed by atoms with Gasteiger partial charge in [0, 0.05) is 4.47 Å². The molecule has 2 rings (SSSR count). The molecule has 3 N–H and O–H groups in total. The first-order chi connectivity index (χ1) is 9.06. The third-order valence-electron chi connectivity index (χ3n) is 2.56. The third-order valence-corrected chi connectivity index (χ3v) is 3.05. The van der Waals surface area contributed by atoms with Crippen molar-refractivity contribution in [2.75, 3.05) is 12.5 Å². The summed E-state index contributed by atoms with van der Waals surface area (Å²) in [6.45, 7) is 1.55. The Hall–Kier alpha value is -1.73. The van der Waals surface area contributed by atoms with Crippen molar-refractivity contribution in [1.82, 2.24) is 9.97 Å². The van der Waals surface area contributed by atoms with E-state index in [0.717, 1.165) is 4.47 Å². The number of hydrogen-bond acceptors (Lipinski definition) is 5. The second kappa shape index (κ2) is 5.50. The van der Waals surface area contributed by atoms with Gasteiger partial charge < -0.3 is 10.2 Å². The first-order valence-electron chi connectivity index (χ1n) is 5.41. The Bertz CT molecular complexity index is 621. The Labute approximate surface area is 118 Å². The molecule has 100 valence electrons. The van der Waals surface area contributed by atoms with Gasteiger partial charge >= 0.3 is 0 Å². The molecule has 0 unspecified atom stereocenters. The van der Waals surface area contributed by atoms with Gasteiger partial charge in [-0.25, -0.2) is 20.2 Å². The van der Waals surface area contributed by atoms with Crippen LogP contribution in [0.3, 0.4) is 0 Å². The van der Waals surface area contributed by atoms with Crippen LogP contribution in [0, 0.1) is 12.7 Å². The van der Waals surface area contributed by atoms with Crippen LogP contribution in [0.25, 0.3) is 11.4 Å². The van der Waals surface area contributed by atoms with Gasteiger partial charge in [-0.2, -0.15) is 0 Å². The van der Waals surface area contributed by atoms with Gasteiger partial charge in [0.05, 0.1) is 18.4 Å². The standard InChI is InChI=1S/C12H12BrFN4O/c1-6-10(14)12(18-15)17-11(16-6)8-5-7(13)3-4-9(8)19-2/h3-5H,15H2,1-2H3,(H,16,17,18). The van der Waals surface area contributed by atoms with Crippen molar-refractivity contribution >= 4 is 21.7 Å². The number of anilines is 1. The molecule has 0 saturated carbocycles. The fourth-order valence-corrected chi connectivity index (χ4v) is 1.99. The summed E-state index contributed by atoms with van der Waals surface area (Å²) in [4.78, 5) is 8.17. The maximum atomic E-state index is 13.7. The average Bonchev–Trinajstić information content (AvgIpc) is 2.41. The number of hydrogen-bond donors (Lipinski definition) is 2. The molecule has 0 aliphatic carbocycles. The second-order valence-corrected chi connectivity index (χ2v) is 4.70. The largest absolute Gasteiger partial charge is 0.496 e. The quantitative estimate of drug-likeness (QED) is 0.670. The molecule has 0 saturated heterocycles. The second-order valence-electron chi connectivity index (χ2n) is 3.78. The van der Waals surface area contributed by atoms with Crippen molar-refractivity contribution in [2.45, 2.75) is 6.92 Å². The van der Waals surface area contributed by atoms with Gasteiger partial charge in [0.1, 0.15) is 5.75 Å². The lowest BCUT2D eigenvalue weighted by atomic mass is 10.2. The van der Waals surface area contributed by atoms with Crippen molar-refractivity contribution in [3.05, 3.63) is 34.2 Å². The number of nitrogens with two attached hydrogens (primary N) is 1. The zero-order valence-corrected chi connectivity index (χ0v) is 12.0. The molecule has 0 spiro atoms. The van der Waals surface area contributed by atoms with Crippen LogP contribution >= 0.6 is 15.9 Å². The third kappa shape index (κ3) is 2.66. The van der Waals surface area contributed by atoms with Crippen molar-refractivity contribution in [1.29, 1.82) is 0 Å². The number of benzene rings is 1. The molecule has 1 aromatic heterocycles. The van der Waals surface area contributed by atoms with Gasteiger partial charge in [-0.3, -0.25) is 0 Å². The first-order valence-corrected chi connectivity index (χ1v) is 6.20. The van der Waals surface area contributed by atoms with Gasteiger partial charge in [0.2, 0.25) is 0 Å². The lowest BCUT2D eigenvalue weighted by Gasteiger charge is -2.10. The summed E-state index contributed by atoms with van der Waals surface area (Å²) in [7, 11) is 1.55. The Morgan fingerprint density at radius 2 is 2.11 bits per heavy atom. The summed E-state index contributed by atoms with van der Waals surface area (Å²) < 4.78 is 19.7. The van der Waals surface area contributed by atoms with Crippen molar-refractivity contribution in [2.24, 2.45) is 5.84 Å². The van der Waals surface area contributed by atoms with E-state index in [9.17, 15) is 4.39 Å². The number of aryl methyl sites for hydroxylation is 1. The smallest absolute Gasteiger partial charge is 0.187 e. The highest BCUT2D eigenvalue weighted by Crippen LogP contribution is 2.31. The lowest BCUT2D eigenvalue weighted by Crippen LogP contribution is -2.13. The maximum Gasteiger partial charge on any atom is 0.187 e. The molecule has 0 atom stereocenters. The van der Waals surface area contributed by atoms with E-state index in [1.807, 2.05) is 6.07 Å². The van der Waals surface area contributed by atoms with E-state index in [-0.39, 0.29) is 11.5 Å². The lowest BCUT2D eigenvalue weighted by molar-refractivity contribution is 0.416. The number of hydrazine groups is 1. The molecule has 5 nitrogen and oxygen atoms in total. The average molecular weight is 327 g/mol. The molecule has 19 heavy (non-hydrogen) atoms. The number of aromatic nitrogens is 2. The van der Waals surface area contributed by atoms with Crippen LogP contribution in [-0.4, -0.2) is 17.1 Å². The van der Waals surface area contributed by atoms with Gasteiger partial charge in [0.25, 0.3) is 0 Å². The van der Waals surface area contributed by atoms with E-state index in [1.54, 1.807) is 26.2 Å². The molecule has 0 aliphatic heterocycles. The van der Waals surface area contributed by atoms with Crippen LogP contribution in [-0.2, 0) is 0 Å². The minimum atomic E-state index is -0.569. The van der Waals surface area contributed by atoms with Crippen LogP contribution in [0.5, 0.6) is 5.75 Å². The van der Waals surface area contributed by atoms with Crippen LogP contribution in [0.15, 0.2) is 22.7 Å². The van der Waals surface area contributed by atoms with Crippen molar-refractivity contribution in [3.8, 4) is 17.1 Å². The Balaban J connectivity index is 2.65. The van der Waals surface area contributed by atoms with Crippen LogP contribution in [0.4, 0.5) is 10.2 Å². The number of rotatable bonds is 3. The molecule has 0 amide bonds. The summed E-state index contributed by atoms with van der Waals surface area (Å²) in [6.07, 6.45) is 0. The van der Waals surface area contributed by atoms with Crippen LogP contribution in [0.2, 0.25) is 0 Å². The van der Waals surface area contributed by atoms with Gasteiger partial charge in [0.15, 0.2) is 17.5 Å². The predicted octanol–water partition coefficient (Wildman–Crippen LogP) is 2.65. The molecule has 0 radical (unpaired) electrons. The predicted molar refractivity (Wildman–Crippen MR) is 74.2 cm³/mol. The number of nitrogen functional groups attached to an aromatic ring is 1. The van der Waals surface area contributed by atoms with Gasteiger partial charge in [-0.15, -0.1) is 0 Å². The summed E-state index contributed by atoms with van der Waals surface area (Å²) in [5.74, 6) is 5.56. The van der Waals surface area contributed by atoms with Crippen LogP contribution in [0.1, 0.15) is 5.69 Å². The SMILES string of the molecule is COc1ccc(Br)cc1-c1nc(C)c(F)c(NN)n1. The normalized spacial score (nSPS) is 10.4. The molecular formula is C12H12BrFN4O. The zero-order chi connectivity index (χ0) is 14.0. The zero-order valence-electron chi connectivity index (χ0n) is 10.4. The molecule has 2 aromatic rings. The van der Waals surface area contributed by atoms with Crippen molar-refractivity contribution < 1.29 is 9.13 Å². The first kappa shape index (κ1) is 13.7. The molecule has 0 fully saturated rings. The van der Waals surface area contributed by atoms with Crippen molar-refractivity contribution in [3.63, 3.8) is 0 Å². The summed E-state index contributed by atoms with van der Waals surface area (Å²) in [6, 6.07) is 5.41. The van der Waals surface area contributed by atoms with E-state index in [2.05, 4.69) is 31.3 Å². The minimum absolute atomic E-state index is 0.0514. The number of nitrogens with zero attached hydrogens (tertiary/aromatic N) is 2. The van der Waals surface area contributed by atoms with E-state index >= 15 is 0 Å². The monoisotopic (exact) mass is 326 g/mol. The van der Waals surface area contributed by atoms with E-state index in [4.69, 9.17) is 10.6 Å². The summed E-state index contributed by atoms with van der Waals surface area (Å²) >= 11 is 3.37. The van der Waals surface area contributed by atoms with Gasteiger partial charge in [-0.05, 0) is 25.1 Å². The van der Waals surface area contributed by atoms with E-state index < -0.39 is 5.82 Å². The number of nitrogens with one attached hydrogen (secondary N) is 1. The Morgan fingerprint density at radius 3 is 2.74 bits per heavy atom. The maximum absolute atomic E-state index is 13.7. The van der Waals surface area contributed by atoms with E-state index in [1.165, 1.54) is 0 Å². The molecule has 0 aliphatic rings. The highest BCUT2D eigenvalue weighted by atomic mass is 79.9. The number of methoxy groups -OCH3 is 1. The Kier molecular flexibility index (Phi) is 3.96. The van der Waals surface area contributed by atoms with Gasteiger partial charge in [-0.1, -0.05) is 15.9 Å². The summed E-state index contributed by atoms with van der Waals surface area (Å²) in [5.41, 5.74) is 3.08. The fraction of sp³-hybridized carbons (Fsp3) is 0.167. The highest BCUT2D eigenvalue weighted by Gasteiger charge is 2.15. The minimum Gasteiger partial charge on any atom is -0.496 e. The topological polar surface area (TPSA) is 73.1 Å². The molecule has 1 aromatic carbocycles.